The van der Waals surface area contributed by atoms with Gasteiger partial charge >= 0.3 is 0 Å². The fourth-order valence-corrected chi connectivity index (χ4v) is 3.31. The van der Waals surface area contributed by atoms with E-state index in [4.69, 9.17) is 5.73 Å². The van der Waals surface area contributed by atoms with Crippen LogP contribution in [0, 0.1) is 5.82 Å². The van der Waals surface area contributed by atoms with Crippen LogP contribution in [0.15, 0.2) is 51.4 Å². The summed E-state index contributed by atoms with van der Waals surface area (Å²) in [6.07, 6.45) is 0.622. The zero-order valence-corrected chi connectivity index (χ0v) is 13.6. The molecule has 1 atom stereocenters. The van der Waals surface area contributed by atoms with Gasteiger partial charge in [0.15, 0.2) is 0 Å². The number of halogens is 3. The predicted octanol–water partition coefficient (Wildman–Crippen LogP) is 4.77. The van der Waals surface area contributed by atoms with E-state index in [0.29, 0.717) is 6.42 Å². The van der Waals surface area contributed by atoms with Crippen molar-refractivity contribution in [3.05, 3.63) is 68.4 Å². The van der Waals surface area contributed by atoms with Crippen molar-refractivity contribution in [1.29, 1.82) is 0 Å². The highest BCUT2D eigenvalue weighted by atomic mass is 79.9. The maximum absolute atomic E-state index is 13.1. The smallest absolute Gasteiger partial charge is 0.124 e. The van der Waals surface area contributed by atoms with Crippen molar-refractivity contribution < 1.29 is 4.39 Å². The Bertz CT molecular complexity index is 596. The molecule has 1 unspecified atom stereocenters. The average Bonchev–Trinajstić information content (AvgIpc) is 2.33. The van der Waals surface area contributed by atoms with Gasteiger partial charge in [0.05, 0.1) is 0 Å². The van der Waals surface area contributed by atoms with Crippen LogP contribution < -0.4 is 5.73 Å². The molecule has 0 aliphatic heterocycles. The molecule has 0 radical (unpaired) electrons. The Kier molecular flexibility index (Phi) is 4.43. The number of hydrogen-bond acceptors (Lipinski definition) is 1. The van der Waals surface area contributed by atoms with E-state index in [2.05, 4.69) is 31.9 Å². The molecule has 0 saturated carbocycles. The first kappa shape index (κ1) is 14.7. The van der Waals surface area contributed by atoms with Crippen molar-refractivity contribution in [2.45, 2.75) is 18.9 Å². The fraction of sp³-hybridized carbons (Fsp3) is 0.200. The average molecular weight is 387 g/mol. The second-order valence-electron chi connectivity index (χ2n) is 4.81. The Morgan fingerprint density at radius 3 is 2.42 bits per heavy atom. The van der Waals surface area contributed by atoms with Crippen LogP contribution in [0.4, 0.5) is 4.39 Å². The Balaban J connectivity index is 2.33. The van der Waals surface area contributed by atoms with E-state index in [0.717, 1.165) is 20.1 Å². The normalized spacial score (nSPS) is 14.2. The van der Waals surface area contributed by atoms with E-state index in [1.165, 1.54) is 12.1 Å². The molecule has 4 heteroatoms. The molecular formula is C15H14Br2FN. The molecule has 2 rings (SSSR count). The summed E-state index contributed by atoms with van der Waals surface area (Å²) in [5.41, 5.74) is 7.93. The van der Waals surface area contributed by atoms with Crippen LogP contribution in [-0.2, 0) is 12.0 Å². The molecule has 0 aliphatic carbocycles. The van der Waals surface area contributed by atoms with E-state index in [-0.39, 0.29) is 5.82 Å². The molecule has 0 bridgehead atoms. The first-order chi connectivity index (χ1) is 8.90. The van der Waals surface area contributed by atoms with Crippen molar-refractivity contribution in [2.75, 3.05) is 0 Å². The number of hydrogen-bond donors (Lipinski definition) is 1. The van der Waals surface area contributed by atoms with E-state index in [9.17, 15) is 4.39 Å². The Hall–Kier alpha value is -0.710. The maximum atomic E-state index is 13.1. The van der Waals surface area contributed by atoms with Crippen LogP contribution in [0.1, 0.15) is 18.1 Å². The predicted molar refractivity (Wildman–Crippen MR) is 83.5 cm³/mol. The highest BCUT2D eigenvalue weighted by molar-refractivity contribution is 9.10. The molecule has 0 amide bonds. The Morgan fingerprint density at radius 2 is 1.79 bits per heavy atom. The van der Waals surface area contributed by atoms with E-state index < -0.39 is 5.54 Å². The van der Waals surface area contributed by atoms with Crippen molar-refractivity contribution in [2.24, 2.45) is 5.73 Å². The Labute approximate surface area is 129 Å². The van der Waals surface area contributed by atoms with Gasteiger partial charge in [-0.1, -0.05) is 56.1 Å². The highest BCUT2D eigenvalue weighted by Crippen LogP contribution is 2.31. The maximum Gasteiger partial charge on any atom is 0.124 e. The third-order valence-corrected chi connectivity index (χ3v) is 4.49. The van der Waals surface area contributed by atoms with Gasteiger partial charge in [0, 0.05) is 14.5 Å². The molecule has 0 heterocycles. The summed E-state index contributed by atoms with van der Waals surface area (Å²) < 4.78 is 14.8. The van der Waals surface area contributed by atoms with Crippen LogP contribution >= 0.6 is 31.9 Å². The highest BCUT2D eigenvalue weighted by Gasteiger charge is 2.24. The molecule has 0 aromatic heterocycles. The molecule has 0 saturated heterocycles. The van der Waals surface area contributed by atoms with E-state index >= 15 is 0 Å². The molecule has 0 spiro atoms. The molecule has 2 N–H and O–H groups in total. The summed E-state index contributed by atoms with van der Waals surface area (Å²) in [4.78, 5) is 0. The second-order valence-corrected chi connectivity index (χ2v) is 6.52. The second kappa shape index (κ2) is 5.73. The van der Waals surface area contributed by atoms with Crippen LogP contribution in [-0.4, -0.2) is 0 Å². The minimum absolute atomic E-state index is 0.254. The van der Waals surface area contributed by atoms with Gasteiger partial charge in [0.1, 0.15) is 5.82 Å². The minimum atomic E-state index is -0.527. The topological polar surface area (TPSA) is 26.0 Å². The largest absolute Gasteiger partial charge is 0.321 e. The quantitative estimate of drug-likeness (QED) is 0.807. The van der Waals surface area contributed by atoms with Gasteiger partial charge in [0.2, 0.25) is 0 Å². The van der Waals surface area contributed by atoms with Gasteiger partial charge in [0.25, 0.3) is 0 Å². The van der Waals surface area contributed by atoms with Gasteiger partial charge in [-0.15, -0.1) is 0 Å². The van der Waals surface area contributed by atoms with Crippen LogP contribution in [0.25, 0.3) is 0 Å². The summed E-state index contributed by atoms with van der Waals surface area (Å²) >= 11 is 6.91. The lowest BCUT2D eigenvalue weighted by Gasteiger charge is -2.27. The SMILES string of the molecule is CC(N)(Cc1ccc(F)cc1Br)c1ccccc1Br. The van der Waals surface area contributed by atoms with E-state index in [1.807, 2.05) is 31.2 Å². The zero-order valence-electron chi connectivity index (χ0n) is 10.5. The van der Waals surface area contributed by atoms with Crippen molar-refractivity contribution in [3.8, 4) is 0 Å². The standard InChI is InChI=1S/C15H14Br2FN/c1-15(19,12-4-2-3-5-13(12)16)9-10-6-7-11(18)8-14(10)17/h2-8H,9,19H2,1H3. The summed E-state index contributed by atoms with van der Waals surface area (Å²) in [5, 5.41) is 0. The number of nitrogens with two attached hydrogens (primary N) is 1. The molecule has 0 fully saturated rings. The summed E-state index contributed by atoms with van der Waals surface area (Å²) in [7, 11) is 0. The summed E-state index contributed by atoms with van der Waals surface area (Å²) in [5.74, 6) is -0.254. The fourth-order valence-electron chi connectivity index (χ4n) is 2.08. The minimum Gasteiger partial charge on any atom is -0.321 e. The molecule has 2 aromatic carbocycles. The van der Waals surface area contributed by atoms with Crippen molar-refractivity contribution in [3.63, 3.8) is 0 Å². The molecule has 0 aliphatic rings. The van der Waals surface area contributed by atoms with Crippen LogP contribution in [0.3, 0.4) is 0 Å². The number of rotatable bonds is 3. The lowest BCUT2D eigenvalue weighted by Crippen LogP contribution is -2.36. The van der Waals surface area contributed by atoms with Gasteiger partial charge in [-0.25, -0.2) is 4.39 Å². The van der Waals surface area contributed by atoms with Crippen molar-refractivity contribution in [1.82, 2.24) is 0 Å². The van der Waals surface area contributed by atoms with Gasteiger partial charge in [-0.3, -0.25) is 0 Å². The molecule has 100 valence electrons. The van der Waals surface area contributed by atoms with Gasteiger partial charge in [-0.2, -0.15) is 0 Å². The molecule has 1 nitrogen and oxygen atoms in total. The monoisotopic (exact) mass is 385 g/mol. The van der Waals surface area contributed by atoms with Crippen LogP contribution in [0.5, 0.6) is 0 Å². The van der Waals surface area contributed by atoms with Gasteiger partial charge in [-0.05, 0) is 42.7 Å². The third-order valence-electron chi connectivity index (χ3n) is 3.06. The molecular weight excluding hydrogens is 373 g/mol. The zero-order chi connectivity index (χ0) is 14.0. The third kappa shape index (κ3) is 3.44. The molecule has 19 heavy (non-hydrogen) atoms. The summed E-state index contributed by atoms with van der Waals surface area (Å²) in [6, 6.07) is 12.6. The Morgan fingerprint density at radius 1 is 1.11 bits per heavy atom. The van der Waals surface area contributed by atoms with Crippen molar-refractivity contribution >= 4 is 31.9 Å². The summed E-state index contributed by atoms with van der Waals surface area (Å²) in [6.45, 7) is 1.98. The molecule has 2 aromatic rings. The number of benzene rings is 2. The van der Waals surface area contributed by atoms with E-state index in [1.54, 1.807) is 6.07 Å². The van der Waals surface area contributed by atoms with Crippen LogP contribution in [0.2, 0.25) is 0 Å². The lowest BCUT2D eigenvalue weighted by molar-refractivity contribution is 0.487. The lowest BCUT2D eigenvalue weighted by atomic mass is 9.86. The first-order valence-corrected chi connectivity index (χ1v) is 7.46. The first-order valence-electron chi connectivity index (χ1n) is 5.88. The van der Waals surface area contributed by atoms with Gasteiger partial charge < -0.3 is 5.73 Å².